The number of thiazole rings is 1. The largest absolute Gasteiger partial charge is 0.351 e. The third-order valence-corrected chi connectivity index (χ3v) is 2.89. The third-order valence-electron chi connectivity index (χ3n) is 1.88. The lowest BCUT2D eigenvalue weighted by Crippen LogP contribution is -2.24. The molecule has 14 heavy (non-hydrogen) atoms. The summed E-state index contributed by atoms with van der Waals surface area (Å²) in [6, 6.07) is 0. The van der Waals surface area contributed by atoms with Gasteiger partial charge in [-0.05, 0) is 19.8 Å². The van der Waals surface area contributed by atoms with Crippen molar-refractivity contribution in [1.29, 1.82) is 0 Å². The minimum Gasteiger partial charge on any atom is -0.351 e. The van der Waals surface area contributed by atoms with Crippen LogP contribution in [-0.2, 0) is 6.42 Å². The van der Waals surface area contributed by atoms with E-state index in [1.54, 1.807) is 0 Å². The Hall–Kier alpha value is -0.900. The highest BCUT2D eigenvalue weighted by atomic mass is 32.1. The molecule has 0 bridgehead atoms. The van der Waals surface area contributed by atoms with Gasteiger partial charge in [0.2, 0.25) is 0 Å². The fraction of sp³-hybridized carbons (Fsp3) is 0.600. The lowest BCUT2D eigenvalue weighted by atomic mass is 10.3. The van der Waals surface area contributed by atoms with Gasteiger partial charge in [-0.25, -0.2) is 4.98 Å². The third kappa shape index (κ3) is 2.54. The fourth-order valence-electron chi connectivity index (χ4n) is 1.21. The number of aromatic nitrogens is 1. The van der Waals surface area contributed by atoms with Crippen molar-refractivity contribution >= 4 is 17.2 Å². The zero-order chi connectivity index (χ0) is 10.6. The van der Waals surface area contributed by atoms with Gasteiger partial charge in [0.25, 0.3) is 5.91 Å². The van der Waals surface area contributed by atoms with Crippen molar-refractivity contribution in [3.63, 3.8) is 0 Å². The van der Waals surface area contributed by atoms with Gasteiger partial charge in [-0.2, -0.15) is 0 Å². The van der Waals surface area contributed by atoms with E-state index in [1.807, 2.05) is 20.8 Å². The maximum Gasteiger partial charge on any atom is 0.263 e. The van der Waals surface area contributed by atoms with Crippen LogP contribution in [0.4, 0.5) is 0 Å². The summed E-state index contributed by atoms with van der Waals surface area (Å²) in [5.74, 6) is 0.0225. The van der Waals surface area contributed by atoms with Crippen LogP contribution in [0.25, 0.3) is 0 Å². The average Bonchev–Trinajstić information content (AvgIpc) is 2.56. The first kappa shape index (κ1) is 11.2. The number of nitrogens with zero attached hydrogens (tertiary/aromatic N) is 1. The van der Waals surface area contributed by atoms with E-state index in [4.69, 9.17) is 0 Å². The van der Waals surface area contributed by atoms with Crippen LogP contribution in [0.5, 0.6) is 0 Å². The number of aryl methyl sites for hydroxylation is 2. The van der Waals surface area contributed by atoms with Gasteiger partial charge in [0.15, 0.2) is 0 Å². The van der Waals surface area contributed by atoms with Crippen LogP contribution in [0.2, 0.25) is 0 Å². The molecule has 1 aromatic rings. The Morgan fingerprint density at radius 2 is 2.21 bits per heavy atom. The minimum atomic E-state index is 0.0225. The number of hydrogen-bond donors (Lipinski definition) is 1. The molecule has 1 N–H and O–H groups in total. The molecule has 3 nitrogen and oxygen atoms in total. The molecular formula is C10H16N2OS. The van der Waals surface area contributed by atoms with Gasteiger partial charge in [0.1, 0.15) is 4.88 Å². The molecule has 0 aromatic carbocycles. The smallest absolute Gasteiger partial charge is 0.263 e. The van der Waals surface area contributed by atoms with Crippen molar-refractivity contribution in [1.82, 2.24) is 10.3 Å². The molecule has 1 rings (SSSR count). The highest BCUT2D eigenvalue weighted by Crippen LogP contribution is 2.18. The number of rotatable bonds is 4. The van der Waals surface area contributed by atoms with Crippen molar-refractivity contribution in [3.05, 3.63) is 15.6 Å². The SMILES string of the molecule is CCCNC(=O)c1sc(C)nc1CC. The monoisotopic (exact) mass is 212 g/mol. The molecule has 4 heteroatoms. The first-order chi connectivity index (χ1) is 6.69. The van der Waals surface area contributed by atoms with Gasteiger partial charge in [-0.15, -0.1) is 11.3 Å². The Balaban J connectivity index is 2.77. The van der Waals surface area contributed by atoms with Gasteiger partial charge in [-0.3, -0.25) is 4.79 Å². The first-order valence-electron chi connectivity index (χ1n) is 4.93. The molecule has 0 unspecified atom stereocenters. The van der Waals surface area contributed by atoms with E-state index in [0.29, 0.717) is 0 Å². The number of hydrogen-bond acceptors (Lipinski definition) is 3. The Labute approximate surface area is 88.6 Å². The van der Waals surface area contributed by atoms with Gasteiger partial charge < -0.3 is 5.32 Å². The fourth-order valence-corrected chi connectivity index (χ4v) is 2.13. The van der Waals surface area contributed by atoms with Crippen LogP contribution in [-0.4, -0.2) is 17.4 Å². The van der Waals surface area contributed by atoms with Crippen LogP contribution in [0.1, 0.15) is 40.6 Å². The molecule has 0 atom stereocenters. The summed E-state index contributed by atoms with van der Waals surface area (Å²) in [7, 11) is 0. The van der Waals surface area contributed by atoms with Crippen molar-refractivity contribution in [2.75, 3.05) is 6.54 Å². The lowest BCUT2D eigenvalue weighted by molar-refractivity contribution is 0.0956. The van der Waals surface area contributed by atoms with Gasteiger partial charge in [-0.1, -0.05) is 13.8 Å². The number of amides is 1. The Kier molecular flexibility index (Phi) is 4.07. The molecule has 0 radical (unpaired) electrons. The maximum absolute atomic E-state index is 11.7. The maximum atomic E-state index is 11.7. The number of nitrogens with one attached hydrogen (secondary N) is 1. The number of carbonyl (C=O) groups is 1. The summed E-state index contributed by atoms with van der Waals surface area (Å²) in [6.45, 7) is 6.73. The highest BCUT2D eigenvalue weighted by molar-refractivity contribution is 7.13. The van der Waals surface area contributed by atoms with Crippen molar-refractivity contribution in [3.8, 4) is 0 Å². The standard InChI is InChI=1S/C10H16N2OS/c1-4-6-11-10(13)9-8(5-2)12-7(3)14-9/h4-6H2,1-3H3,(H,11,13). The summed E-state index contributed by atoms with van der Waals surface area (Å²) in [6.07, 6.45) is 1.78. The minimum absolute atomic E-state index is 0.0225. The van der Waals surface area contributed by atoms with E-state index in [9.17, 15) is 4.79 Å². The average molecular weight is 212 g/mol. The van der Waals surface area contributed by atoms with Crippen LogP contribution in [0, 0.1) is 6.92 Å². The van der Waals surface area contributed by atoms with Crippen molar-refractivity contribution < 1.29 is 4.79 Å². The molecule has 1 heterocycles. The molecule has 1 amide bonds. The molecule has 0 aliphatic heterocycles. The van der Waals surface area contributed by atoms with Crippen LogP contribution < -0.4 is 5.32 Å². The highest BCUT2D eigenvalue weighted by Gasteiger charge is 2.14. The molecule has 0 aliphatic carbocycles. The van der Waals surface area contributed by atoms with Crippen molar-refractivity contribution in [2.24, 2.45) is 0 Å². The van der Waals surface area contributed by atoms with Crippen LogP contribution in [0.15, 0.2) is 0 Å². The Bertz CT molecular complexity index is 320. The second kappa shape index (κ2) is 5.10. The van der Waals surface area contributed by atoms with E-state index >= 15 is 0 Å². The van der Waals surface area contributed by atoms with E-state index < -0.39 is 0 Å². The first-order valence-corrected chi connectivity index (χ1v) is 5.75. The molecular weight excluding hydrogens is 196 g/mol. The number of carbonyl (C=O) groups excluding carboxylic acids is 1. The van der Waals surface area contributed by atoms with E-state index in [2.05, 4.69) is 10.3 Å². The quantitative estimate of drug-likeness (QED) is 0.831. The molecule has 0 saturated heterocycles. The second-order valence-electron chi connectivity index (χ2n) is 3.12. The normalized spacial score (nSPS) is 10.2. The lowest BCUT2D eigenvalue weighted by Gasteiger charge is -2.01. The van der Waals surface area contributed by atoms with Crippen LogP contribution in [0.3, 0.4) is 0 Å². The Morgan fingerprint density at radius 1 is 1.50 bits per heavy atom. The molecule has 78 valence electrons. The summed E-state index contributed by atoms with van der Waals surface area (Å²) in [5, 5.41) is 3.83. The molecule has 0 aliphatic rings. The predicted molar refractivity (Wildman–Crippen MR) is 58.9 cm³/mol. The van der Waals surface area contributed by atoms with Gasteiger partial charge in [0.05, 0.1) is 10.7 Å². The summed E-state index contributed by atoms with van der Waals surface area (Å²) < 4.78 is 0. The van der Waals surface area contributed by atoms with Crippen LogP contribution >= 0.6 is 11.3 Å². The zero-order valence-corrected chi connectivity index (χ0v) is 9.70. The molecule has 0 saturated carbocycles. The van der Waals surface area contributed by atoms with Gasteiger partial charge in [0, 0.05) is 6.54 Å². The summed E-state index contributed by atoms with van der Waals surface area (Å²) >= 11 is 1.47. The second-order valence-corrected chi connectivity index (χ2v) is 4.32. The van der Waals surface area contributed by atoms with E-state index in [-0.39, 0.29) is 5.91 Å². The van der Waals surface area contributed by atoms with Gasteiger partial charge >= 0.3 is 0 Å². The molecule has 0 spiro atoms. The topological polar surface area (TPSA) is 42.0 Å². The summed E-state index contributed by atoms with van der Waals surface area (Å²) in [5.41, 5.74) is 0.918. The van der Waals surface area contributed by atoms with E-state index in [1.165, 1.54) is 11.3 Å². The van der Waals surface area contributed by atoms with Crippen molar-refractivity contribution in [2.45, 2.75) is 33.6 Å². The Morgan fingerprint density at radius 3 is 2.79 bits per heavy atom. The molecule has 0 fully saturated rings. The summed E-state index contributed by atoms with van der Waals surface area (Å²) in [4.78, 5) is 16.7. The van der Waals surface area contributed by atoms with E-state index in [0.717, 1.165) is 35.0 Å². The predicted octanol–water partition coefficient (Wildman–Crippen LogP) is 2.15. The zero-order valence-electron chi connectivity index (χ0n) is 8.89. The molecule has 1 aromatic heterocycles.